The summed E-state index contributed by atoms with van der Waals surface area (Å²) < 4.78 is 1.77. The third-order valence-corrected chi connectivity index (χ3v) is 3.13. The Balaban J connectivity index is 2.14. The van der Waals surface area contributed by atoms with Crippen LogP contribution in [0.25, 0.3) is 0 Å². The second kappa shape index (κ2) is 4.53. The first-order valence-electron chi connectivity index (χ1n) is 4.92. The maximum atomic E-state index is 11.1. The molecule has 4 heteroatoms. The summed E-state index contributed by atoms with van der Waals surface area (Å²) in [5.74, 6) is 0.0953. The molecule has 1 aromatic carbocycles. The lowest BCUT2D eigenvalue weighted by Gasteiger charge is -1.99. The van der Waals surface area contributed by atoms with Crippen LogP contribution in [0.1, 0.15) is 17.3 Å². The lowest BCUT2D eigenvalue weighted by molar-refractivity contribution is 0.101. The Hall–Kier alpha value is -1.55. The molecule has 0 fully saturated rings. The highest BCUT2D eigenvalue weighted by Crippen LogP contribution is 2.26. The van der Waals surface area contributed by atoms with Crippen molar-refractivity contribution in [2.75, 3.05) is 0 Å². The zero-order chi connectivity index (χ0) is 11.5. The van der Waals surface area contributed by atoms with Crippen molar-refractivity contribution >= 4 is 17.5 Å². The van der Waals surface area contributed by atoms with E-state index in [1.54, 1.807) is 23.4 Å². The third kappa shape index (κ3) is 2.52. The second-order valence-corrected chi connectivity index (χ2v) is 4.68. The fourth-order valence-corrected chi connectivity index (χ4v) is 2.19. The first kappa shape index (κ1) is 11.0. The highest BCUT2D eigenvalue weighted by atomic mass is 32.2. The first-order chi connectivity index (χ1) is 7.65. The summed E-state index contributed by atoms with van der Waals surface area (Å²) in [6, 6.07) is 7.60. The van der Waals surface area contributed by atoms with E-state index in [0.717, 1.165) is 15.4 Å². The van der Waals surface area contributed by atoms with E-state index >= 15 is 0 Å². The molecule has 0 unspecified atom stereocenters. The van der Waals surface area contributed by atoms with Gasteiger partial charge >= 0.3 is 0 Å². The maximum absolute atomic E-state index is 11.1. The van der Waals surface area contributed by atoms with Crippen molar-refractivity contribution in [1.82, 2.24) is 9.78 Å². The molecule has 82 valence electrons. The van der Waals surface area contributed by atoms with E-state index in [-0.39, 0.29) is 5.78 Å². The van der Waals surface area contributed by atoms with Gasteiger partial charge in [-0.25, -0.2) is 0 Å². The van der Waals surface area contributed by atoms with Crippen LogP contribution in [0.15, 0.2) is 46.5 Å². The normalized spacial score (nSPS) is 10.4. The molecule has 0 bridgehead atoms. The van der Waals surface area contributed by atoms with E-state index in [9.17, 15) is 4.79 Å². The van der Waals surface area contributed by atoms with E-state index in [2.05, 4.69) is 5.10 Å². The molecule has 1 aromatic heterocycles. The monoisotopic (exact) mass is 232 g/mol. The van der Waals surface area contributed by atoms with Crippen LogP contribution in [0.4, 0.5) is 0 Å². The molecular weight excluding hydrogens is 220 g/mol. The molecule has 0 spiro atoms. The zero-order valence-corrected chi connectivity index (χ0v) is 9.99. The van der Waals surface area contributed by atoms with Crippen LogP contribution < -0.4 is 0 Å². The van der Waals surface area contributed by atoms with E-state index < -0.39 is 0 Å². The summed E-state index contributed by atoms with van der Waals surface area (Å²) in [7, 11) is 1.89. The SMILES string of the molecule is CC(=O)c1ccc(Sc2cnn(C)c2)cc1. The van der Waals surface area contributed by atoms with Gasteiger partial charge in [0.2, 0.25) is 0 Å². The molecule has 0 N–H and O–H groups in total. The van der Waals surface area contributed by atoms with Crippen LogP contribution in [0.2, 0.25) is 0 Å². The zero-order valence-electron chi connectivity index (χ0n) is 9.18. The molecule has 0 saturated carbocycles. The second-order valence-electron chi connectivity index (χ2n) is 3.53. The van der Waals surface area contributed by atoms with E-state index in [4.69, 9.17) is 0 Å². The summed E-state index contributed by atoms with van der Waals surface area (Å²) in [5.41, 5.74) is 0.746. The largest absolute Gasteiger partial charge is 0.295 e. The number of nitrogens with zero attached hydrogens (tertiary/aromatic N) is 2. The minimum atomic E-state index is 0.0953. The molecule has 0 saturated heterocycles. The minimum absolute atomic E-state index is 0.0953. The van der Waals surface area contributed by atoms with Gasteiger partial charge in [0.05, 0.1) is 11.1 Å². The van der Waals surface area contributed by atoms with Crippen LogP contribution in [0.3, 0.4) is 0 Å². The van der Waals surface area contributed by atoms with Gasteiger partial charge in [-0.1, -0.05) is 23.9 Å². The number of carbonyl (C=O) groups excluding carboxylic acids is 1. The Labute approximate surface area is 98.5 Å². The molecule has 0 aliphatic rings. The number of carbonyl (C=O) groups is 1. The van der Waals surface area contributed by atoms with Gasteiger partial charge in [0.25, 0.3) is 0 Å². The summed E-state index contributed by atoms with van der Waals surface area (Å²) >= 11 is 1.63. The third-order valence-electron chi connectivity index (χ3n) is 2.18. The van der Waals surface area contributed by atoms with Gasteiger partial charge in [0.15, 0.2) is 5.78 Å². The number of aromatic nitrogens is 2. The van der Waals surface area contributed by atoms with Crippen molar-refractivity contribution in [2.45, 2.75) is 16.7 Å². The van der Waals surface area contributed by atoms with Crippen LogP contribution in [-0.4, -0.2) is 15.6 Å². The van der Waals surface area contributed by atoms with Crippen molar-refractivity contribution < 1.29 is 4.79 Å². The Bertz CT molecular complexity index is 502. The highest BCUT2D eigenvalue weighted by Gasteiger charge is 2.01. The van der Waals surface area contributed by atoms with Gasteiger partial charge < -0.3 is 0 Å². The number of benzene rings is 1. The van der Waals surface area contributed by atoms with Crippen LogP contribution >= 0.6 is 11.8 Å². The molecule has 1 heterocycles. The first-order valence-corrected chi connectivity index (χ1v) is 5.74. The Morgan fingerprint density at radius 1 is 1.25 bits per heavy atom. The molecule has 0 aliphatic heterocycles. The molecule has 2 rings (SSSR count). The average Bonchev–Trinajstić information content (AvgIpc) is 2.65. The van der Waals surface area contributed by atoms with Crippen molar-refractivity contribution in [3.8, 4) is 0 Å². The Morgan fingerprint density at radius 3 is 2.44 bits per heavy atom. The minimum Gasteiger partial charge on any atom is -0.295 e. The number of Topliss-reactive ketones (excluding diaryl/α,β-unsaturated/α-hetero) is 1. The molecule has 0 amide bonds. The summed E-state index contributed by atoms with van der Waals surface area (Å²) in [6.07, 6.45) is 3.78. The molecule has 0 aliphatic carbocycles. The Kier molecular flexibility index (Phi) is 3.10. The standard InChI is InChI=1S/C12H12N2OS/c1-9(15)10-3-5-11(6-4-10)16-12-7-13-14(2)8-12/h3-8H,1-2H3. The summed E-state index contributed by atoms with van der Waals surface area (Å²) in [6.45, 7) is 1.57. The molecule has 3 nitrogen and oxygen atoms in total. The number of rotatable bonds is 3. The molecule has 16 heavy (non-hydrogen) atoms. The fraction of sp³-hybridized carbons (Fsp3) is 0.167. The number of hydrogen-bond acceptors (Lipinski definition) is 3. The molecule has 0 atom stereocenters. The predicted molar refractivity (Wildman–Crippen MR) is 63.8 cm³/mol. The van der Waals surface area contributed by atoms with Crippen molar-refractivity contribution in [2.24, 2.45) is 7.05 Å². The fourth-order valence-electron chi connectivity index (χ4n) is 1.35. The van der Waals surface area contributed by atoms with Crippen molar-refractivity contribution in [3.05, 3.63) is 42.2 Å². The molecule has 2 aromatic rings. The quantitative estimate of drug-likeness (QED) is 0.763. The van der Waals surface area contributed by atoms with Gasteiger partial charge in [0.1, 0.15) is 0 Å². The lowest BCUT2D eigenvalue weighted by atomic mass is 10.2. The number of aryl methyl sites for hydroxylation is 1. The molecular formula is C12H12N2OS. The van der Waals surface area contributed by atoms with Crippen molar-refractivity contribution in [3.63, 3.8) is 0 Å². The van der Waals surface area contributed by atoms with Gasteiger partial charge in [-0.2, -0.15) is 5.10 Å². The smallest absolute Gasteiger partial charge is 0.159 e. The molecule has 0 radical (unpaired) electrons. The van der Waals surface area contributed by atoms with Crippen LogP contribution in [0.5, 0.6) is 0 Å². The van der Waals surface area contributed by atoms with Gasteiger partial charge in [-0.15, -0.1) is 0 Å². The topological polar surface area (TPSA) is 34.9 Å². The summed E-state index contributed by atoms with van der Waals surface area (Å²) in [4.78, 5) is 13.3. The van der Waals surface area contributed by atoms with E-state index in [0.29, 0.717) is 0 Å². The van der Waals surface area contributed by atoms with Crippen molar-refractivity contribution in [1.29, 1.82) is 0 Å². The lowest BCUT2D eigenvalue weighted by Crippen LogP contribution is -1.90. The Morgan fingerprint density at radius 2 is 1.94 bits per heavy atom. The summed E-state index contributed by atoms with van der Waals surface area (Å²) in [5, 5.41) is 4.10. The highest BCUT2D eigenvalue weighted by molar-refractivity contribution is 7.99. The van der Waals surface area contributed by atoms with E-state index in [1.807, 2.05) is 43.7 Å². The van der Waals surface area contributed by atoms with E-state index in [1.165, 1.54) is 0 Å². The van der Waals surface area contributed by atoms with Crippen LogP contribution in [0, 0.1) is 0 Å². The maximum Gasteiger partial charge on any atom is 0.159 e. The predicted octanol–water partition coefficient (Wildman–Crippen LogP) is 2.77. The van der Waals surface area contributed by atoms with Gasteiger partial charge in [-0.05, 0) is 19.1 Å². The number of hydrogen-bond donors (Lipinski definition) is 0. The number of ketones is 1. The van der Waals surface area contributed by atoms with Gasteiger partial charge in [-0.3, -0.25) is 9.48 Å². The average molecular weight is 232 g/mol. The van der Waals surface area contributed by atoms with Crippen LogP contribution in [-0.2, 0) is 7.05 Å². The van der Waals surface area contributed by atoms with Gasteiger partial charge in [0, 0.05) is 23.7 Å².